The molecule has 0 saturated carbocycles. The Morgan fingerprint density at radius 1 is 1.24 bits per heavy atom. The summed E-state index contributed by atoms with van der Waals surface area (Å²) in [6.45, 7) is 3.47. The summed E-state index contributed by atoms with van der Waals surface area (Å²) in [5.41, 5.74) is 1.12. The lowest BCUT2D eigenvalue weighted by Crippen LogP contribution is -2.56. The summed E-state index contributed by atoms with van der Waals surface area (Å²) in [5.74, 6) is 0.929. The van der Waals surface area contributed by atoms with Gasteiger partial charge in [0, 0.05) is 37.7 Å². The molecule has 3 aromatic rings. The molecule has 2 aliphatic heterocycles. The number of piperidine rings is 1. The molecule has 12 heteroatoms. The van der Waals surface area contributed by atoms with Crippen LogP contribution in [0.25, 0.3) is 11.4 Å². The second-order valence-electron chi connectivity index (χ2n) is 9.26. The van der Waals surface area contributed by atoms with E-state index in [1.54, 1.807) is 17.9 Å². The Bertz CT molecular complexity index is 1340. The van der Waals surface area contributed by atoms with Gasteiger partial charge in [0.05, 0.1) is 42.0 Å². The molecule has 2 bridgehead atoms. The number of rotatable bonds is 6. The average Bonchev–Trinajstić information content (AvgIpc) is 2.88. The van der Waals surface area contributed by atoms with E-state index in [0.29, 0.717) is 48.2 Å². The number of ether oxygens (including phenoxy) is 1. The topological polar surface area (TPSA) is 104 Å². The number of aliphatic hydroxyl groups is 1. The third-order valence-electron chi connectivity index (χ3n) is 6.55. The number of carbonyl (C=O) groups excluding carboxylic acids is 1. The largest absolute Gasteiger partial charge is 0.492 e. The van der Waals surface area contributed by atoms with E-state index in [4.69, 9.17) is 9.84 Å². The van der Waals surface area contributed by atoms with Gasteiger partial charge < -0.3 is 20.1 Å². The number of aliphatic hydroxyl groups excluding tert-OH is 1. The van der Waals surface area contributed by atoms with E-state index >= 15 is 0 Å². The standard InChI is InChI=1S/C26H27F3N6O3/c1-16-22-24(33-23(31-16)17-5-2-6-18(11-17)26(27,28)29)35(20-7-3-8-34(22)15-20)25(37)32-19-12-21(14-30-13-19)38-10-4-9-36/h2,5-6,11-14,20,36H,3-4,7-10,15H2,1H3,(H,32,37). The maximum atomic E-state index is 13.6. The van der Waals surface area contributed by atoms with Crippen molar-refractivity contribution >= 4 is 23.2 Å². The van der Waals surface area contributed by atoms with Gasteiger partial charge in [-0.1, -0.05) is 12.1 Å². The highest BCUT2D eigenvalue weighted by molar-refractivity contribution is 6.04. The Balaban J connectivity index is 1.50. The predicted molar refractivity (Wildman–Crippen MR) is 135 cm³/mol. The first-order valence-electron chi connectivity index (χ1n) is 12.3. The summed E-state index contributed by atoms with van der Waals surface area (Å²) in [4.78, 5) is 30.6. The first-order chi connectivity index (χ1) is 18.2. The molecule has 0 radical (unpaired) electrons. The smallest absolute Gasteiger partial charge is 0.416 e. The number of hydrogen-bond donors (Lipinski definition) is 2. The highest BCUT2D eigenvalue weighted by Crippen LogP contribution is 2.41. The summed E-state index contributed by atoms with van der Waals surface area (Å²) in [5, 5.41) is 11.8. The van der Waals surface area contributed by atoms with Crippen molar-refractivity contribution < 1.29 is 27.8 Å². The number of carbonyl (C=O) groups is 1. The Morgan fingerprint density at radius 3 is 2.87 bits per heavy atom. The number of nitrogens with zero attached hydrogens (tertiary/aromatic N) is 5. The zero-order valence-corrected chi connectivity index (χ0v) is 20.7. The lowest BCUT2D eigenvalue weighted by molar-refractivity contribution is -0.137. The van der Waals surface area contributed by atoms with Crippen molar-refractivity contribution in [3.8, 4) is 17.1 Å². The first kappa shape index (κ1) is 25.7. The van der Waals surface area contributed by atoms with Gasteiger partial charge in [-0.25, -0.2) is 14.8 Å². The minimum Gasteiger partial charge on any atom is -0.492 e. The number of alkyl halides is 3. The van der Waals surface area contributed by atoms with Crippen LogP contribution in [-0.4, -0.2) is 58.4 Å². The normalized spacial score (nSPS) is 16.7. The van der Waals surface area contributed by atoms with Crippen LogP contribution in [0.2, 0.25) is 0 Å². The van der Waals surface area contributed by atoms with Crippen LogP contribution in [0.1, 0.15) is 30.5 Å². The van der Waals surface area contributed by atoms with Crippen LogP contribution in [0.15, 0.2) is 42.7 Å². The van der Waals surface area contributed by atoms with Gasteiger partial charge in [0.1, 0.15) is 11.4 Å². The molecule has 2 aromatic heterocycles. The van der Waals surface area contributed by atoms with Crippen molar-refractivity contribution in [2.24, 2.45) is 0 Å². The number of aryl methyl sites for hydroxylation is 1. The maximum Gasteiger partial charge on any atom is 0.416 e. The third kappa shape index (κ3) is 5.21. The van der Waals surface area contributed by atoms with Crippen LogP contribution in [0, 0.1) is 6.92 Å². The number of nitrogens with one attached hydrogen (secondary N) is 1. The minimum absolute atomic E-state index is 0.000389. The summed E-state index contributed by atoms with van der Waals surface area (Å²) >= 11 is 0. The molecule has 0 aliphatic carbocycles. The molecule has 4 heterocycles. The van der Waals surface area contributed by atoms with E-state index in [-0.39, 0.29) is 24.0 Å². The van der Waals surface area contributed by atoms with E-state index in [0.717, 1.165) is 31.5 Å². The number of benzene rings is 1. The predicted octanol–water partition coefficient (Wildman–Crippen LogP) is 4.65. The molecule has 1 fully saturated rings. The fraction of sp³-hybridized carbons (Fsp3) is 0.385. The number of aromatic nitrogens is 3. The molecule has 1 atom stereocenters. The van der Waals surface area contributed by atoms with Crippen molar-refractivity contribution in [3.63, 3.8) is 0 Å². The van der Waals surface area contributed by atoms with Crippen LogP contribution in [0.3, 0.4) is 0 Å². The molecule has 200 valence electrons. The van der Waals surface area contributed by atoms with Crippen molar-refractivity contribution in [2.45, 2.75) is 38.4 Å². The van der Waals surface area contributed by atoms with E-state index in [2.05, 4.69) is 25.2 Å². The van der Waals surface area contributed by atoms with E-state index in [1.807, 2.05) is 0 Å². The second-order valence-corrected chi connectivity index (χ2v) is 9.26. The third-order valence-corrected chi connectivity index (χ3v) is 6.55. The monoisotopic (exact) mass is 528 g/mol. The molecular formula is C26H27F3N6O3. The minimum atomic E-state index is -4.50. The van der Waals surface area contributed by atoms with Gasteiger partial charge in [0.25, 0.3) is 0 Å². The molecule has 2 amide bonds. The summed E-state index contributed by atoms with van der Waals surface area (Å²) in [6.07, 6.45) is 0.603. The van der Waals surface area contributed by atoms with E-state index < -0.39 is 17.8 Å². The molecule has 1 unspecified atom stereocenters. The number of amides is 2. The Kier molecular flexibility index (Phi) is 7.06. The fourth-order valence-corrected chi connectivity index (χ4v) is 4.86. The number of halogens is 3. The van der Waals surface area contributed by atoms with Gasteiger partial charge in [-0.05, 0) is 31.9 Å². The quantitative estimate of drug-likeness (QED) is 0.449. The second kappa shape index (κ2) is 10.4. The molecule has 38 heavy (non-hydrogen) atoms. The number of urea groups is 1. The average molecular weight is 529 g/mol. The van der Waals surface area contributed by atoms with Crippen molar-refractivity contribution in [1.82, 2.24) is 15.0 Å². The van der Waals surface area contributed by atoms with Crippen LogP contribution in [-0.2, 0) is 6.18 Å². The molecule has 1 aromatic carbocycles. The van der Waals surface area contributed by atoms with Gasteiger partial charge in [-0.2, -0.15) is 13.2 Å². The van der Waals surface area contributed by atoms with E-state index in [1.165, 1.54) is 24.5 Å². The number of anilines is 3. The molecule has 2 aliphatic rings. The molecule has 1 saturated heterocycles. The summed E-state index contributed by atoms with van der Waals surface area (Å²) in [6, 6.07) is 5.90. The number of hydrogen-bond acceptors (Lipinski definition) is 7. The van der Waals surface area contributed by atoms with Crippen LogP contribution in [0.4, 0.5) is 35.2 Å². The maximum absolute atomic E-state index is 13.6. The van der Waals surface area contributed by atoms with Crippen molar-refractivity contribution in [2.75, 3.05) is 41.4 Å². The molecule has 5 rings (SSSR count). The van der Waals surface area contributed by atoms with E-state index in [9.17, 15) is 18.0 Å². The lowest BCUT2D eigenvalue weighted by atomic mass is 9.99. The van der Waals surface area contributed by atoms with Crippen LogP contribution >= 0.6 is 0 Å². The Morgan fingerprint density at radius 2 is 2.08 bits per heavy atom. The summed E-state index contributed by atoms with van der Waals surface area (Å²) in [7, 11) is 0. The van der Waals surface area contributed by atoms with Crippen molar-refractivity contribution in [1.29, 1.82) is 0 Å². The SMILES string of the molecule is Cc1nc(-c2cccc(C(F)(F)F)c2)nc2c1N1CCCC(C1)N2C(=O)Nc1cncc(OCCCO)c1. The van der Waals surface area contributed by atoms with Gasteiger partial charge >= 0.3 is 12.2 Å². The van der Waals surface area contributed by atoms with Gasteiger partial charge in [-0.3, -0.25) is 9.88 Å². The number of pyridine rings is 1. The highest BCUT2D eigenvalue weighted by atomic mass is 19.4. The molecule has 9 nitrogen and oxygen atoms in total. The Hall–Kier alpha value is -3.93. The molecule has 0 spiro atoms. The lowest BCUT2D eigenvalue weighted by Gasteiger charge is -2.46. The van der Waals surface area contributed by atoms with Gasteiger partial charge in [0.15, 0.2) is 11.6 Å². The first-order valence-corrected chi connectivity index (χ1v) is 12.3. The zero-order valence-electron chi connectivity index (χ0n) is 20.7. The number of fused-ring (bicyclic) bond motifs is 4. The highest BCUT2D eigenvalue weighted by Gasteiger charge is 2.40. The fourth-order valence-electron chi connectivity index (χ4n) is 4.86. The van der Waals surface area contributed by atoms with Gasteiger partial charge in [-0.15, -0.1) is 0 Å². The molecular weight excluding hydrogens is 501 g/mol. The van der Waals surface area contributed by atoms with Crippen LogP contribution in [0.5, 0.6) is 5.75 Å². The molecule has 2 N–H and O–H groups in total. The van der Waals surface area contributed by atoms with Gasteiger partial charge in [0.2, 0.25) is 0 Å². The van der Waals surface area contributed by atoms with Crippen molar-refractivity contribution in [3.05, 3.63) is 54.0 Å². The Labute approximate surface area is 217 Å². The summed E-state index contributed by atoms with van der Waals surface area (Å²) < 4.78 is 45.6. The van der Waals surface area contributed by atoms with Crippen LogP contribution < -0.4 is 19.9 Å². The zero-order chi connectivity index (χ0) is 26.9.